The van der Waals surface area contributed by atoms with E-state index in [1.54, 1.807) is 0 Å². The second kappa shape index (κ2) is 80.4. The van der Waals surface area contributed by atoms with Crippen molar-refractivity contribution in [1.29, 1.82) is 0 Å². The SMILES string of the molecule is CC/C=C\C/C=C\C/C=C\C/C=C\C/C=C\C/C=C\C/C=C\C/C=C\C/C=C\C/C=C\C/C=C\C/C=C\CCCCC(=O)OC(COC(=O)CCCCCCCCCCCC/C=C\C/C=C\C/C=C\C/C=C\C/C=C\C/C=C\C/C=C\C/C=C\C/C=C\C/C=C\CC)COP(=O)([O-])OCC[N+](C)(C)C. The van der Waals surface area contributed by atoms with Crippen LogP contribution in [-0.4, -0.2) is 70.0 Å². The van der Waals surface area contributed by atoms with Crippen LogP contribution in [0.1, 0.15) is 258 Å². The topological polar surface area (TPSA) is 111 Å². The summed E-state index contributed by atoms with van der Waals surface area (Å²) < 4.78 is 34.3. The third-order valence-corrected chi connectivity index (χ3v) is 16.7. The summed E-state index contributed by atoms with van der Waals surface area (Å²) in [5.74, 6) is -0.909. The van der Waals surface area contributed by atoms with E-state index in [2.05, 4.69) is 281 Å². The number of phosphoric ester groups is 1. The Bertz CT molecular complexity index is 2770. The smallest absolute Gasteiger partial charge is 0.306 e. The van der Waals surface area contributed by atoms with Crippen LogP contribution < -0.4 is 4.89 Å². The molecule has 2 atom stereocenters. The predicted molar refractivity (Wildman–Crippen MR) is 451 cm³/mol. The van der Waals surface area contributed by atoms with Crippen LogP contribution in [0, 0.1) is 0 Å². The first-order valence-electron chi connectivity index (χ1n) is 40.0. The highest BCUT2D eigenvalue weighted by Crippen LogP contribution is 2.38. The third-order valence-electron chi connectivity index (χ3n) is 15.7. The molecule has 0 heterocycles. The molecule has 0 aromatic rings. The summed E-state index contributed by atoms with van der Waals surface area (Å²) in [6.07, 6.45) is 133. The molecule has 0 saturated heterocycles. The fourth-order valence-corrected chi connectivity index (χ4v) is 10.5. The molecule has 0 aromatic heterocycles. The minimum atomic E-state index is -4.68. The number of rotatable bonds is 70. The number of hydrogen-bond donors (Lipinski definition) is 0. The van der Waals surface area contributed by atoms with Crippen LogP contribution >= 0.6 is 7.82 Å². The van der Waals surface area contributed by atoms with Crippen molar-refractivity contribution in [2.75, 3.05) is 47.5 Å². The van der Waals surface area contributed by atoms with Crippen molar-refractivity contribution in [3.8, 4) is 0 Å². The van der Waals surface area contributed by atoms with E-state index in [9.17, 15) is 19.0 Å². The maximum absolute atomic E-state index is 12.9. The van der Waals surface area contributed by atoms with Crippen LogP contribution in [0.25, 0.3) is 0 Å². The number of ether oxygens (including phenoxy) is 2. The Labute approximate surface area is 637 Å². The molecule has 0 amide bonds. The number of likely N-dealkylation sites (N-methyl/N-ethyl adjacent to an activating group) is 1. The molecule has 0 radical (unpaired) electrons. The van der Waals surface area contributed by atoms with Gasteiger partial charge in [-0.1, -0.05) is 333 Å². The van der Waals surface area contributed by atoms with Crippen molar-refractivity contribution in [3.63, 3.8) is 0 Å². The molecule has 0 saturated carbocycles. The molecule has 104 heavy (non-hydrogen) atoms. The molecular formula is C94H144NO8P. The average molecular weight is 1450 g/mol. The number of hydrogen-bond acceptors (Lipinski definition) is 8. The minimum Gasteiger partial charge on any atom is -0.756 e. The summed E-state index contributed by atoms with van der Waals surface area (Å²) in [4.78, 5) is 38.2. The van der Waals surface area contributed by atoms with Gasteiger partial charge >= 0.3 is 11.9 Å². The highest BCUT2D eigenvalue weighted by atomic mass is 31.2. The monoisotopic (exact) mass is 1450 g/mol. The number of carbonyl (C=O) groups excluding carboxylic acids is 2. The van der Waals surface area contributed by atoms with Crippen LogP contribution in [-0.2, 0) is 32.7 Å². The molecule has 0 aromatic carbocycles. The van der Waals surface area contributed by atoms with Gasteiger partial charge in [0.05, 0.1) is 27.7 Å². The largest absolute Gasteiger partial charge is 0.756 e. The number of quaternary nitrogens is 1. The summed E-state index contributed by atoms with van der Waals surface area (Å²) in [5.41, 5.74) is 0. The first kappa shape index (κ1) is 97.3. The van der Waals surface area contributed by atoms with E-state index < -0.39 is 32.5 Å². The van der Waals surface area contributed by atoms with Gasteiger partial charge in [-0.2, -0.15) is 0 Å². The number of carbonyl (C=O) groups is 2. The molecule has 0 aliphatic carbocycles. The molecule has 0 bridgehead atoms. The number of esters is 2. The van der Waals surface area contributed by atoms with Crippen LogP contribution in [0.3, 0.4) is 0 Å². The highest BCUT2D eigenvalue weighted by molar-refractivity contribution is 7.45. The van der Waals surface area contributed by atoms with Gasteiger partial charge in [-0.3, -0.25) is 14.2 Å². The maximum Gasteiger partial charge on any atom is 0.306 e. The zero-order valence-corrected chi connectivity index (χ0v) is 66.7. The molecule has 0 rings (SSSR count). The Balaban J connectivity index is 4.19. The van der Waals surface area contributed by atoms with Crippen molar-refractivity contribution in [1.82, 2.24) is 0 Å². The fraction of sp³-hybridized carbons (Fsp3) is 0.511. The Kier molecular flexibility index (Phi) is 75.2. The van der Waals surface area contributed by atoms with E-state index in [0.29, 0.717) is 23.9 Å². The van der Waals surface area contributed by atoms with Gasteiger partial charge in [0.15, 0.2) is 6.10 Å². The van der Waals surface area contributed by atoms with E-state index in [0.717, 1.165) is 180 Å². The average Bonchev–Trinajstić information content (AvgIpc) is 0.915. The molecular weight excluding hydrogens is 1300 g/mol. The van der Waals surface area contributed by atoms with Gasteiger partial charge in [0.2, 0.25) is 0 Å². The second-order valence-electron chi connectivity index (χ2n) is 26.6. The van der Waals surface area contributed by atoms with Crippen LogP contribution in [0.2, 0.25) is 0 Å². The maximum atomic E-state index is 12.9. The zero-order valence-electron chi connectivity index (χ0n) is 65.8. The van der Waals surface area contributed by atoms with E-state index in [1.807, 2.05) is 21.1 Å². The van der Waals surface area contributed by atoms with Gasteiger partial charge in [-0.25, -0.2) is 0 Å². The summed E-state index contributed by atoms with van der Waals surface area (Å²) in [6.45, 7) is 3.92. The van der Waals surface area contributed by atoms with Crippen molar-refractivity contribution in [2.45, 2.75) is 264 Å². The number of nitrogens with zero attached hydrogens (tertiary/aromatic N) is 1. The van der Waals surface area contributed by atoms with E-state index in [-0.39, 0.29) is 26.1 Å². The van der Waals surface area contributed by atoms with Crippen molar-refractivity contribution in [2.24, 2.45) is 0 Å². The highest BCUT2D eigenvalue weighted by Gasteiger charge is 2.22. The molecule has 0 fully saturated rings. The number of phosphoric acid groups is 1. The molecule has 0 spiro atoms. The van der Waals surface area contributed by atoms with Crippen molar-refractivity contribution < 1.29 is 42.1 Å². The van der Waals surface area contributed by atoms with Crippen LogP contribution in [0.15, 0.2) is 267 Å². The van der Waals surface area contributed by atoms with E-state index in [1.165, 1.54) is 38.5 Å². The van der Waals surface area contributed by atoms with Crippen molar-refractivity contribution in [3.05, 3.63) is 267 Å². The minimum absolute atomic E-state index is 0.0545. The normalized spacial score (nSPS) is 14.5. The third kappa shape index (κ3) is 84.2. The summed E-state index contributed by atoms with van der Waals surface area (Å²) >= 11 is 0. The van der Waals surface area contributed by atoms with Crippen LogP contribution in [0.5, 0.6) is 0 Å². The Morgan fingerprint density at radius 3 is 0.788 bits per heavy atom. The lowest BCUT2D eigenvalue weighted by Crippen LogP contribution is -2.37. The quantitative estimate of drug-likeness (QED) is 0.0195. The van der Waals surface area contributed by atoms with Gasteiger partial charge in [-0.05, 0) is 180 Å². The number of unbranched alkanes of at least 4 members (excludes halogenated alkanes) is 12. The van der Waals surface area contributed by atoms with Gasteiger partial charge in [-0.15, -0.1) is 0 Å². The van der Waals surface area contributed by atoms with Crippen LogP contribution in [0.4, 0.5) is 0 Å². The van der Waals surface area contributed by atoms with Crippen molar-refractivity contribution >= 4 is 19.8 Å². The summed E-state index contributed by atoms with van der Waals surface area (Å²) in [6, 6.07) is 0. The first-order chi connectivity index (χ1) is 51.0. The number of allylic oxidation sites excluding steroid dienone is 44. The summed E-state index contributed by atoms with van der Waals surface area (Å²) in [7, 11) is 1.10. The standard InChI is InChI=1S/C94H144NO8P/c1-6-8-10-12-14-16-18-20-22-24-26-28-30-32-34-36-38-40-42-44-46-47-49-50-52-54-56-58-60-62-64-66-68-70-72-74-76-78-80-82-84-86-93(96)100-90-92(91-102-104(98,99)101-89-88-95(3,4)5)103-94(97)87-85-83-81-79-77-75-73-71-69-67-65-63-61-59-57-55-53-51-48-45-43-41-39-37-35-33-31-29-27-25-23-21-19-17-15-13-11-9-7-2/h8-11,14-17,20-23,26-29,32-35,38-41,44-46,48-50,53-56,59-62,65,67,71,73,77,79,92H,6-7,12-13,18-19,24-25,30-31,36-37,42-43,47,51-52,57-58,63-64,66,68-70,72,74-76,78,80-91H2,1-5H3/b10-8-,11-9-,16-14-,17-15-,22-20-,23-21-,28-26-,29-27-,34-32-,35-33-,40-38-,41-39-,46-44-,48-45-,50-49-,55-53-,56-54-,61-59-,62-60-,67-65-,73-71-,79-77-. The molecule has 10 heteroatoms. The zero-order chi connectivity index (χ0) is 75.4. The van der Waals surface area contributed by atoms with Gasteiger partial charge in [0.1, 0.15) is 19.8 Å². The fourth-order valence-electron chi connectivity index (χ4n) is 9.72. The molecule has 578 valence electrons. The van der Waals surface area contributed by atoms with Gasteiger partial charge in [0, 0.05) is 12.8 Å². The van der Waals surface area contributed by atoms with Gasteiger partial charge < -0.3 is 27.9 Å². The molecule has 9 nitrogen and oxygen atoms in total. The lowest BCUT2D eigenvalue weighted by atomic mass is 10.1. The Hall–Kier alpha value is -6.71. The lowest BCUT2D eigenvalue weighted by Gasteiger charge is -2.28. The molecule has 0 aliphatic rings. The molecule has 2 unspecified atom stereocenters. The predicted octanol–water partition coefficient (Wildman–Crippen LogP) is 26.7. The Morgan fingerprint density at radius 1 is 0.298 bits per heavy atom. The first-order valence-corrected chi connectivity index (χ1v) is 41.5. The molecule has 0 aliphatic heterocycles. The van der Waals surface area contributed by atoms with Gasteiger partial charge in [0.25, 0.3) is 7.82 Å². The second-order valence-corrected chi connectivity index (χ2v) is 28.0. The van der Waals surface area contributed by atoms with E-state index in [4.69, 9.17) is 18.5 Å². The Morgan fingerprint density at radius 2 is 0.519 bits per heavy atom. The summed E-state index contributed by atoms with van der Waals surface area (Å²) in [5, 5.41) is 0. The van der Waals surface area contributed by atoms with E-state index >= 15 is 0 Å². The molecule has 0 N–H and O–H groups in total. The lowest BCUT2D eigenvalue weighted by molar-refractivity contribution is -0.870.